The summed E-state index contributed by atoms with van der Waals surface area (Å²) in [5.74, 6) is -0.659. The Bertz CT molecular complexity index is 468. The third-order valence-corrected chi connectivity index (χ3v) is 3.40. The largest absolute Gasteiger partial charge is 0.433 e. The molecule has 19 heavy (non-hydrogen) atoms. The number of rotatable bonds is 4. The molecule has 0 radical (unpaired) electrons. The molecule has 0 aromatic carbocycles. The summed E-state index contributed by atoms with van der Waals surface area (Å²) in [4.78, 5) is 25.9. The van der Waals surface area contributed by atoms with Crippen molar-refractivity contribution in [2.45, 2.75) is 0 Å². The lowest BCUT2D eigenvalue weighted by Crippen LogP contribution is -2.49. The minimum absolute atomic E-state index is 0.0284. The summed E-state index contributed by atoms with van der Waals surface area (Å²) in [5.41, 5.74) is 0. The van der Waals surface area contributed by atoms with Crippen LogP contribution in [-0.4, -0.2) is 58.7 Å². The van der Waals surface area contributed by atoms with E-state index in [1.54, 1.807) is 4.90 Å². The number of halogens is 1. The average Bonchev–Trinajstić information content (AvgIpc) is 2.89. The molecule has 0 aliphatic carbocycles. The van der Waals surface area contributed by atoms with Crippen LogP contribution in [0.3, 0.4) is 0 Å². The Labute approximate surface area is 118 Å². The summed E-state index contributed by atoms with van der Waals surface area (Å²) in [6.45, 7) is 3.79. The monoisotopic (exact) mass is 331 g/mol. The van der Waals surface area contributed by atoms with Crippen LogP contribution in [0.4, 0.5) is 5.88 Å². The number of hydrogen-bond donors (Lipinski definition) is 0. The number of carbonyl (C=O) groups excluding carboxylic acids is 1. The van der Waals surface area contributed by atoms with Gasteiger partial charge in [-0.3, -0.25) is 19.8 Å². The van der Waals surface area contributed by atoms with Crippen LogP contribution in [0.2, 0.25) is 0 Å². The Morgan fingerprint density at radius 1 is 1.37 bits per heavy atom. The van der Waals surface area contributed by atoms with Gasteiger partial charge >= 0.3 is 5.88 Å². The fourth-order valence-electron chi connectivity index (χ4n) is 1.99. The molecule has 0 saturated carbocycles. The molecule has 0 spiro atoms. The fraction of sp³-hybridized carbons (Fsp3) is 0.545. The van der Waals surface area contributed by atoms with Crippen molar-refractivity contribution < 1.29 is 14.1 Å². The molecule has 0 bridgehead atoms. The molecule has 0 atom stereocenters. The lowest BCUT2D eigenvalue weighted by molar-refractivity contribution is -0.402. The molecule has 0 unspecified atom stereocenters. The topological polar surface area (TPSA) is 79.8 Å². The van der Waals surface area contributed by atoms with Crippen LogP contribution in [0.1, 0.15) is 10.6 Å². The average molecular weight is 332 g/mol. The Morgan fingerprint density at radius 2 is 2.05 bits per heavy atom. The standard InChI is InChI=1S/C11H14BrN3O4/c12-3-4-13-5-7-14(8-6-13)11(16)9-1-2-10(19-9)15(17)18/h1-2H,3-8H2. The number of piperazine rings is 1. The van der Waals surface area contributed by atoms with Crippen molar-refractivity contribution >= 4 is 27.7 Å². The zero-order chi connectivity index (χ0) is 13.8. The number of nitrogens with zero attached hydrogens (tertiary/aromatic N) is 3. The first-order chi connectivity index (χ1) is 9.11. The van der Waals surface area contributed by atoms with Gasteiger partial charge in [-0.15, -0.1) is 0 Å². The second kappa shape index (κ2) is 6.16. The van der Waals surface area contributed by atoms with E-state index in [1.165, 1.54) is 12.1 Å². The van der Waals surface area contributed by atoms with E-state index in [0.29, 0.717) is 13.1 Å². The summed E-state index contributed by atoms with van der Waals surface area (Å²) >= 11 is 3.38. The third kappa shape index (κ3) is 3.32. The van der Waals surface area contributed by atoms with E-state index >= 15 is 0 Å². The molecule has 104 valence electrons. The fourth-order valence-corrected chi connectivity index (χ4v) is 2.49. The predicted molar refractivity (Wildman–Crippen MR) is 71.5 cm³/mol. The quantitative estimate of drug-likeness (QED) is 0.472. The van der Waals surface area contributed by atoms with Crippen LogP contribution in [0, 0.1) is 10.1 Å². The maximum absolute atomic E-state index is 12.1. The maximum Gasteiger partial charge on any atom is 0.433 e. The van der Waals surface area contributed by atoms with Crippen molar-refractivity contribution in [2.75, 3.05) is 38.1 Å². The molecule has 2 rings (SSSR count). The molecular formula is C11H14BrN3O4. The zero-order valence-corrected chi connectivity index (χ0v) is 11.8. The molecule has 1 fully saturated rings. The molecule has 1 saturated heterocycles. The highest BCUT2D eigenvalue weighted by molar-refractivity contribution is 9.09. The smallest absolute Gasteiger partial charge is 0.395 e. The minimum Gasteiger partial charge on any atom is -0.395 e. The van der Waals surface area contributed by atoms with E-state index in [2.05, 4.69) is 20.8 Å². The van der Waals surface area contributed by atoms with E-state index in [-0.39, 0.29) is 11.7 Å². The molecule has 1 aliphatic heterocycles. The van der Waals surface area contributed by atoms with Crippen LogP contribution in [0.15, 0.2) is 16.5 Å². The van der Waals surface area contributed by atoms with Gasteiger partial charge in [-0.25, -0.2) is 0 Å². The second-order valence-electron chi connectivity index (χ2n) is 4.22. The van der Waals surface area contributed by atoms with Crippen molar-refractivity contribution in [2.24, 2.45) is 0 Å². The summed E-state index contributed by atoms with van der Waals surface area (Å²) < 4.78 is 4.92. The second-order valence-corrected chi connectivity index (χ2v) is 5.01. The first-order valence-corrected chi connectivity index (χ1v) is 7.06. The lowest BCUT2D eigenvalue weighted by Gasteiger charge is -2.33. The van der Waals surface area contributed by atoms with Crippen molar-refractivity contribution in [3.8, 4) is 0 Å². The molecule has 1 aromatic rings. The van der Waals surface area contributed by atoms with Gasteiger partial charge in [0.15, 0.2) is 5.76 Å². The number of carbonyl (C=O) groups is 1. The van der Waals surface area contributed by atoms with Gasteiger partial charge in [-0.05, 0) is 6.07 Å². The van der Waals surface area contributed by atoms with E-state index in [4.69, 9.17) is 4.42 Å². The van der Waals surface area contributed by atoms with Crippen LogP contribution in [0.25, 0.3) is 0 Å². The summed E-state index contributed by atoms with van der Waals surface area (Å²) in [6.07, 6.45) is 0. The van der Waals surface area contributed by atoms with Crippen molar-refractivity contribution in [3.63, 3.8) is 0 Å². The number of amides is 1. The third-order valence-electron chi connectivity index (χ3n) is 3.04. The van der Waals surface area contributed by atoms with Crippen molar-refractivity contribution in [1.82, 2.24) is 9.80 Å². The highest BCUT2D eigenvalue weighted by atomic mass is 79.9. The van der Waals surface area contributed by atoms with Gasteiger partial charge in [-0.1, -0.05) is 15.9 Å². The minimum atomic E-state index is -0.648. The molecule has 0 N–H and O–H groups in total. The first kappa shape index (κ1) is 14.0. The Balaban J connectivity index is 1.95. The Kier molecular flexibility index (Phi) is 4.54. The van der Waals surface area contributed by atoms with Gasteiger partial charge < -0.3 is 9.32 Å². The number of alkyl halides is 1. The van der Waals surface area contributed by atoms with Gasteiger partial charge in [0, 0.05) is 38.1 Å². The van der Waals surface area contributed by atoms with Crippen LogP contribution < -0.4 is 0 Å². The maximum atomic E-state index is 12.1. The predicted octanol–water partition coefficient (Wildman–Crippen LogP) is 1.34. The van der Waals surface area contributed by atoms with E-state index in [1.807, 2.05) is 0 Å². The van der Waals surface area contributed by atoms with E-state index < -0.39 is 10.8 Å². The van der Waals surface area contributed by atoms with Crippen LogP contribution in [0.5, 0.6) is 0 Å². The molecule has 7 nitrogen and oxygen atoms in total. The van der Waals surface area contributed by atoms with Gasteiger partial charge in [0.25, 0.3) is 5.91 Å². The van der Waals surface area contributed by atoms with Crippen molar-refractivity contribution in [3.05, 3.63) is 28.0 Å². The number of hydrogen-bond acceptors (Lipinski definition) is 5. The molecule has 1 aromatic heterocycles. The van der Waals surface area contributed by atoms with Gasteiger partial charge in [0.2, 0.25) is 0 Å². The first-order valence-electron chi connectivity index (χ1n) is 5.93. The lowest BCUT2D eigenvalue weighted by atomic mass is 10.3. The summed E-state index contributed by atoms with van der Waals surface area (Å²) in [6, 6.07) is 2.56. The summed E-state index contributed by atoms with van der Waals surface area (Å²) in [5, 5.41) is 11.4. The zero-order valence-electron chi connectivity index (χ0n) is 10.2. The van der Waals surface area contributed by atoms with E-state index in [0.717, 1.165) is 25.0 Å². The summed E-state index contributed by atoms with van der Waals surface area (Å²) in [7, 11) is 0. The van der Waals surface area contributed by atoms with Gasteiger partial charge in [0.05, 0.1) is 6.07 Å². The van der Waals surface area contributed by atoms with Crippen molar-refractivity contribution in [1.29, 1.82) is 0 Å². The Morgan fingerprint density at radius 3 is 2.58 bits per heavy atom. The van der Waals surface area contributed by atoms with E-state index in [9.17, 15) is 14.9 Å². The van der Waals surface area contributed by atoms with Crippen LogP contribution >= 0.6 is 15.9 Å². The highest BCUT2D eigenvalue weighted by Crippen LogP contribution is 2.18. The number of furan rings is 1. The Hall–Kier alpha value is -1.41. The molecule has 1 aliphatic rings. The number of nitro groups is 1. The van der Waals surface area contributed by atoms with Gasteiger partial charge in [-0.2, -0.15) is 0 Å². The molecule has 8 heteroatoms. The van der Waals surface area contributed by atoms with Crippen LogP contribution in [-0.2, 0) is 0 Å². The SMILES string of the molecule is O=C(c1ccc([N+](=O)[O-])o1)N1CCN(CCBr)CC1. The molecule has 2 heterocycles. The molecular weight excluding hydrogens is 318 g/mol. The molecule has 1 amide bonds. The highest BCUT2D eigenvalue weighted by Gasteiger charge is 2.25. The van der Waals surface area contributed by atoms with Gasteiger partial charge in [0.1, 0.15) is 4.92 Å². The normalized spacial score (nSPS) is 16.6.